The minimum Gasteiger partial charge on any atom is -0.478 e. The van der Waals surface area contributed by atoms with Gasteiger partial charge in [0.05, 0.1) is 17.1 Å². The summed E-state index contributed by atoms with van der Waals surface area (Å²) in [6.07, 6.45) is 1.79. The molecular weight excluding hydrogens is 356 g/mol. The van der Waals surface area contributed by atoms with E-state index in [0.29, 0.717) is 5.82 Å². The van der Waals surface area contributed by atoms with Crippen molar-refractivity contribution in [2.45, 2.75) is 30.8 Å². The minimum absolute atomic E-state index is 0.0293. The van der Waals surface area contributed by atoms with Crippen LogP contribution >= 0.6 is 11.6 Å². The SMILES string of the molecule is CN(Cc1nnc2n1CCC2)S(=O)(=O)c1cc(C(=O)O)ccc1Cl. The van der Waals surface area contributed by atoms with Crippen LogP contribution in [-0.2, 0) is 29.5 Å². The number of carbonyl (C=O) groups is 1. The summed E-state index contributed by atoms with van der Waals surface area (Å²) in [7, 11) is -2.56. The molecule has 0 saturated carbocycles. The van der Waals surface area contributed by atoms with Crippen molar-refractivity contribution < 1.29 is 18.3 Å². The molecule has 128 valence electrons. The highest BCUT2D eigenvalue weighted by Gasteiger charge is 2.27. The molecule has 3 rings (SSSR count). The van der Waals surface area contributed by atoms with Gasteiger partial charge in [0.15, 0.2) is 0 Å². The number of hydrogen-bond acceptors (Lipinski definition) is 5. The summed E-state index contributed by atoms with van der Waals surface area (Å²) in [6.45, 7) is 0.795. The Bertz CT molecular complexity index is 909. The van der Waals surface area contributed by atoms with Gasteiger partial charge < -0.3 is 9.67 Å². The highest BCUT2D eigenvalue weighted by atomic mass is 35.5. The molecule has 1 aromatic carbocycles. The maximum Gasteiger partial charge on any atom is 0.335 e. The van der Waals surface area contributed by atoms with E-state index in [4.69, 9.17) is 16.7 Å². The molecule has 24 heavy (non-hydrogen) atoms. The fourth-order valence-electron chi connectivity index (χ4n) is 2.61. The number of fused-ring (bicyclic) bond motifs is 1. The van der Waals surface area contributed by atoms with Crippen LogP contribution in [0, 0.1) is 0 Å². The Labute approximate surface area is 143 Å². The highest BCUT2D eigenvalue weighted by molar-refractivity contribution is 7.89. The lowest BCUT2D eigenvalue weighted by Gasteiger charge is -2.18. The second-order valence-electron chi connectivity index (χ2n) is 5.50. The number of aromatic carboxylic acids is 1. The van der Waals surface area contributed by atoms with Gasteiger partial charge >= 0.3 is 5.97 Å². The van der Waals surface area contributed by atoms with Gasteiger partial charge in [-0.2, -0.15) is 4.31 Å². The molecule has 0 amide bonds. The maximum atomic E-state index is 12.7. The third-order valence-electron chi connectivity index (χ3n) is 3.92. The summed E-state index contributed by atoms with van der Waals surface area (Å²) in [5.41, 5.74) is -0.144. The van der Waals surface area contributed by atoms with Crippen LogP contribution in [0.1, 0.15) is 28.4 Å². The predicted molar refractivity (Wildman–Crippen MR) is 85.4 cm³/mol. The van der Waals surface area contributed by atoms with Crippen LogP contribution in [0.5, 0.6) is 0 Å². The van der Waals surface area contributed by atoms with Gasteiger partial charge in [0.25, 0.3) is 0 Å². The van der Waals surface area contributed by atoms with Crippen molar-refractivity contribution in [1.29, 1.82) is 0 Å². The number of carboxylic acids is 1. The van der Waals surface area contributed by atoms with Gasteiger partial charge in [0.2, 0.25) is 10.0 Å². The summed E-state index contributed by atoms with van der Waals surface area (Å²) >= 11 is 5.97. The normalized spacial score (nSPS) is 14.1. The van der Waals surface area contributed by atoms with Crippen LogP contribution in [0.3, 0.4) is 0 Å². The minimum atomic E-state index is -3.96. The van der Waals surface area contributed by atoms with Crippen LogP contribution in [0.25, 0.3) is 0 Å². The zero-order valence-electron chi connectivity index (χ0n) is 12.8. The summed E-state index contributed by atoms with van der Waals surface area (Å²) in [5, 5.41) is 17.1. The van der Waals surface area contributed by atoms with Crippen LogP contribution in [0.4, 0.5) is 0 Å². The molecule has 1 aromatic heterocycles. The molecule has 0 saturated heterocycles. The van der Waals surface area contributed by atoms with Gasteiger partial charge in [0, 0.05) is 20.0 Å². The quantitative estimate of drug-likeness (QED) is 0.852. The van der Waals surface area contributed by atoms with Gasteiger partial charge in [-0.15, -0.1) is 10.2 Å². The van der Waals surface area contributed by atoms with E-state index in [1.54, 1.807) is 0 Å². The Morgan fingerprint density at radius 2 is 2.17 bits per heavy atom. The van der Waals surface area contributed by atoms with E-state index in [9.17, 15) is 13.2 Å². The second kappa shape index (κ2) is 6.15. The summed E-state index contributed by atoms with van der Waals surface area (Å²) in [5.74, 6) is 0.182. The molecule has 0 aliphatic carbocycles. The number of aryl methyl sites for hydroxylation is 1. The summed E-state index contributed by atoms with van der Waals surface area (Å²) in [6, 6.07) is 3.58. The molecule has 1 aliphatic rings. The molecule has 0 unspecified atom stereocenters. The molecule has 0 radical (unpaired) electrons. The highest BCUT2D eigenvalue weighted by Crippen LogP contribution is 2.26. The Balaban J connectivity index is 1.92. The first-order valence-electron chi connectivity index (χ1n) is 7.21. The predicted octanol–water partition coefficient (Wildman–Crippen LogP) is 1.40. The van der Waals surface area contributed by atoms with Crippen molar-refractivity contribution in [3.8, 4) is 0 Å². The van der Waals surface area contributed by atoms with E-state index in [1.807, 2.05) is 4.57 Å². The fraction of sp³-hybridized carbons (Fsp3) is 0.357. The second-order valence-corrected chi connectivity index (χ2v) is 7.92. The zero-order chi connectivity index (χ0) is 17.5. The number of hydrogen-bond donors (Lipinski definition) is 1. The average Bonchev–Trinajstić information content (AvgIpc) is 3.12. The lowest BCUT2D eigenvalue weighted by atomic mass is 10.2. The number of sulfonamides is 1. The van der Waals surface area contributed by atoms with Gasteiger partial charge in [-0.1, -0.05) is 11.6 Å². The molecule has 8 nitrogen and oxygen atoms in total. The Hall–Kier alpha value is -1.97. The van der Waals surface area contributed by atoms with E-state index in [0.717, 1.165) is 35.6 Å². The van der Waals surface area contributed by atoms with Gasteiger partial charge in [-0.3, -0.25) is 0 Å². The summed E-state index contributed by atoms with van der Waals surface area (Å²) < 4.78 is 28.5. The molecular formula is C14H15ClN4O4S. The number of rotatable bonds is 5. The molecule has 1 N–H and O–H groups in total. The molecule has 0 bridgehead atoms. The van der Waals surface area contributed by atoms with Gasteiger partial charge in [-0.25, -0.2) is 13.2 Å². The van der Waals surface area contributed by atoms with Crippen molar-refractivity contribution in [3.05, 3.63) is 40.4 Å². The van der Waals surface area contributed by atoms with E-state index in [2.05, 4.69) is 10.2 Å². The van der Waals surface area contributed by atoms with Crippen LogP contribution < -0.4 is 0 Å². The van der Waals surface area contributed by atoms with Crippen LogP contribution in [-0.4, -0.2) is 45.6 Å². The van der Waals surface area contributed by atoms with E-state index in [-0.39, 0.29) is 22.0 Å². The lowest BCUT2D eigenvalue weighted by molar-refractivity contribution is 0.0696. The van der Waals surface area contributed by atoms with Crippen molar-refractivity contribution in [2.24, 2.45) is 0 Å². The molecule has 0 atom stereocenters. The molecule has 2 aromatic rings. The third kappa shape index (κ3) is 2.90. The molecule has 1 aliphatic heterocycles. The lowest BCUT2D eigenvalue weighted by Crippen LogP contribution is -2.28. The third-order valence-corrected chi connectivity index (χ3v) is 6.20. The van der Waals surface area contributed by atoms with Crippen molar-refractivity contribution in [1.82, 2.24) is 19.1 Å². The fourth-order valence-corrected chi connectivity index (χ4v) is 4.24. The van der Waals surface area contributed by atoms with Gasteiger partial charge in [0.1, 0.15) is 16.5 Å². The maximum absolute atomic E-state index is 12.7. The molecule has 10 heteroatoms. The number of aromatic nitrogens is 3. The number of benzene rings is 1. The topological polar surface area (TPSA) is 105 Å². The monoisotopic (exact) mass is 370 g/mol. The van der Waals surface area contributed by atoms with Gasteiger partial charge in [-0.05, 0) is 24.6 Å². The van der Waals surface area contributed by atoms with Crippen molar-refractivity contribution in [3.63, 3.8) is 0 Å². The Morgan fingerprint density at radius 1 is 1.42 bits per heavy atom. The number of halogens is 1. The smallest absolute Gasteiger partial charge is 0.335 e. The standard InChI is InChI=1S/C14H15ClN4O4S/c1-18(8-13-17-16-12-3-2-6-19(12)13)24(22,23)11-7-9(14(20)21)4-5-10(11)15/h4-5,7H,2-3,6,8H2,1H3,(H,20,21). The molecule has 0 spiro atoms. The van der Waals surface area contributed by atoms with E-state index >= 15 is 0 Å². The first kappa shape index (κ1) is 16.9. The number of carboxylic acid groups (broad SMARTS) is 1. The van der Waals surface area contributed by atoms with E-state index < -0.39 is 16.0 Å². The Morgan fingerprint density at radius 3 is 2.88 bits per heavy atom. The average molecular weight is 371 g/mol. The van der Waals surface area contributed by atoms with Crippen LogP contribution in [0.15, 0.2) is 23.1 Å². The number of nitrogens with zero attached hydrogens (tertiary/aromatic N) is 4. The first-order valence-corrected chi connectivity index (χ1v) is 9.02. The zero-order valence-corrected chi connectivity index (χ0v) is 14.4. The molecule has 0 fully saturated rings. The molecule has 2 heterocycles. The van der Waals surface area contributed by atoms with Crippen molar-refractivity contribution >= 4 is 27.6 Å². The summed E-state index contributed by atoms with van der Waals surface area (Å²) in [4.78, 5) is 10.8. The Kier molecular flexibility index (Phi) is 4.33. The first-order chi connectivity index (χ1) is 11.3. The largest absolute Gasteiger partial charge is 0.478 e. The van der Waals surface area contributed by atoms with E-state index in [1.165, 1.54) is 19.2 Å². The van der Waals surface area contributed by atoms with Crippen LogP contribution in [0.2, 0.25) is 5.02 Å². The van der Waals surface area contributed by atoms with Crippen molar-refractivity contribution in [2.75, 3.05) is 7.05 Å².